The van der Waals surface area contributed by atoms with Crippen molar-refractivity contribution >= 4 is 33.4 Å². The maximum Gasteiger partial charge on any atom is 0.243 e. The molecule has 1 N–H and O–H groups in total. The van der Waals surface area contributed by atoms with E-state index >= 15 is 0 Å². The number of thiazole rings is 1. The van der Waals surface area contributed by atoms with Crippen LogP contribution in [-0.2, 0) is 16.1 Å². The van der Waals surface area contributed by atoms with Crippen molar-refractivity contribution in [3.63, 3.8) is 0 Å². The average Bonchev–Trinajstić information content (AvgIpc) is 3.14. The third-order valence-electron chi connectivity index (χ3n) is 4.52. The van der Waals surface area contributed by atoms with Gasteiger partial charge in [-0.2, -0.15) is 0 Å². The minimum atomic E-state index is -0.294. The summed E-state index contributed by atoms with van der Waals surface area (Å²) in [4.78, 5) is 31.0. The highest BCUT2D eigenvalue weighted by Crippen LogP contribution is 2.33. The van der Waals surface area contributed by atoms with Crippen molar-refractivity contribution < 1.29 is 9.59 Å². The molecule has 2 heterocycles. The van der Waals surface area contributed by atoms with E-state index < -0.39 is 0 Å². The van der Waals surface area contributed by atoms with Crippen molar-refractivity contribution in [3.05, 3.63) is 29.3 Å². The minimum absolute atomic E-state index is 0.0456. The number of hydrogen-bond acceptors (Lipinski definition) is 4. The zero-order chi connectivity index (χ0) is 15.8. The van der Waals surface area contributed by atoms with Crippen LogP contribution < -0.4 is 5.32 Å². The molecule has 23 heavy (non-hydrogen) atoms. The number of likely N-dealkylation sites (tertiary alicyclic amines) is 1. The summed E-state index contributed by atoms with van der Waals surface area (Å²) in [5, 5.41) is 3.86. The summed E-state index contributed by atoms with van der Waals surface area (Å²) >= 11 is 1.60. The molecule has 0 spiro atoms. The van der Waals surface area contributed by atoms with Crippen LogP contribution in [0.3, 0.4) is 0 Å². The van der Waals surface area contributed by atoms with Gasteiger partial charge in [-0.25, -0.2) is 4.98 Å². The van der Waals surface area contributed by atoms with Gasteiger partial charge in [0.25, 0.3) is 0 Å². The van der Waals surface area contributed by atoms with E-state index in [1.807, 2.05) is 24.3 Å². The highest BCUT2D eigenvalue weighted by Gasteiger charge is 2.40. The van der Waals surface area contributed by atoms with Gasteiger partial charge >= 0.3 is 0 Å². The molecule has 1 unspecified atom stereocenters. The number of aromatic nitrogens is 1. The number of nitrogens with zero attached hydrogens (tertiary/aromatic N) is 2. The second kappa shape index (κ2) is 5.92. The molecule has 120 valence electrons. The summed E-state index contributed by atoms with van der Waals surface area (Å²) in [6, 6.07) is 7.67. The number of carbonyl (C=O) groups is 2. The molecule has 0 radical (unpaired) electrons. The number of carbonyl (C=O) groups excluding carboxylic acids is 2. The van der Waals surface area contributed by atoms with E-state index in [1.165, 1.54) is 0 Å². The third-order valence-corrected chi connectivity index (χ3v) is 5.55. The van der Waals surface area contributed by atoms with E-state index in [0.29, 0.717) is 13.1 Å². The van der Waals surface area contributed by atoms with E-state index in [1.54, 1.807) is 16.2 Å². The molecule has 1 aliphatic carbocycles. The Bertz CT molecular complexity index is 720. The quantitative estimate of drug-likeness (QED) is 0.936. The van der Waals surface area contributed by atoms with Crippen LogP contribution >= 0.6 is 11.3 Å². The molecular formula is C17H19N3O2S. The Balaban J connectivity index is 1.39. The van der Waals surface area contributed by atoms with Crippen LogP contribution in [0.15, 0.2) is 24.3 Å². The van der Waals surface area contributed by atoms with Crippen molar-refractivity contribution in [2.75, 3.05) is 6.54 Å². The van der Waals surface area contributed by atoms with Crippen LogP contribution in [0, 0.1) is 5.92 Å². The first-order valence-corrected chi connectivity index (χ1v) is 8.96. The number of rotatable bonds is 4. The Labute approximate surface area is 138 Å². The lowest BCUT2D eigenvalue weighted by molar-refractivity contribution is -0.139. The van der Waals surface area contributed by atoms with Crippen molar-refractivity contribution in [1.29, 1.82) is 0 Å². The molecule has 1 aromatic carbocycles. The van der Waals surface area contributed by atoms with E-state index in [-0.39, 0.29) is 23.8 Å². The first kappa shape index (κ1) is 14.6. The van der Waals surface area contributed by atoms with E-state index in [2.05, 4.69) is 10.3 Å². The molecule has 4 rings (SSSR count). The Hall–Kier alpha value is -1.95. The van der Waals surface area contributed by atoms with Gasteiger partial charge in [-0.15, -0.1) is 11.3 Å². The van der Waals surface area contributed by atoms with E-state index in [4.69, 9.17) is 0 Å². The summed E-state index contributed by atoms with van der Waals surface area (Å²) in [5.41, 5.74) is 0.966. The first-order chi connectivity index (χ1) is 11.2. The van der Waals surface area contributed by atoms with Gasteiger partial charge in [0.2, 0.25) is 11.8 Å². The van der Waals surface area contributed by atoms with E-state index in [0.717, 1.165) is 40.9 Å². The molecular weight excluding hydrogens is 310 g/mol. The maximum absolute atomic E-state index is 12.5. The molecule has 0 bridgehead atoms. The second-order valence-corrected chi connectivity index (χ2v) is 7.37. The predicted octanol–water partition coefficient (Wildman–Crippen LogP) is 2.31. The summed E-state index contributed by atoms with van der Waals surface area (Å²) in [6.45, 7) is 1.15. The van der Waals surface area contributed by atoms with E-state index in [9.17, 15) is 9.59 Å². The summed E-state index contributed by atoms with van der Waals surface area (Å²) < 4.78 is 1.13. The van der Waals surface area contributed by atoms with Gasteiger partial charge in [0.15, 0.2) is 0 Å². The maximum atomic E-state index is 12.5. The smallest absolute Gasteiger partial charge is 0.243 e. The number of nitrogens with one attached hydrogen (secondary N) is 1. The first-order valence-electron chi connectivity index (χ1n) is 8.15. The molecule has 1 aliphatic heterocycles. The molecule has 2 aromatic rings. The molecule has 1 aromatic heterocycles. The fraction of sp³-hybridized carbons (Fsp3) is 0.471. The fourth-order valence-corrected chi connectivity index (χ4v) is 4.05. The Morgan fingerprint density at radius 3 is 2.87 bits per heavy atom. The van der Waals surface area contributed by atoms with Gasteiger partial charge in [0.05, 0.1) is 16.8 Å². The molecule has 2 fully saturated rings. The Kier molecular flexibility index (Phi) is 3.77. The summed E-state index contributed by atoms with van der Waals surface area (Å²) in [5.74, 6) is 0.297. The Morgan fingerprint density at radius 2 is 2.09 bits per heavy atom. The highest BCUT2D eigenvalue weighted by molar-refractivity contribution is 7.18. The molecule has 5 nitrogen and oxygen atoms in total. The number of amides is 2. The van der Waals surface area contributed by atoms with Gasteiger partial charge in [0, 0.05) is 12.5 Å². The number of hydrogen-bond donors (Lipinski definition) is 1. The fourth-order valence-electron chi connectivity index (χ4n) is 3.14. The van der Waals surface area contributed by atoms with Crippen LogP contribution in [0.1, 0.15) is 30.7 Å². The Morgan fingerprint density at radius 1 is 1.26 bits per heavy atom. The SMILES string of the molecule is O=C(NCc1nc2ccccc2s1)C1CCCN1C(=O)C1CC1. The van der Waals surface area contributed by atoms with Crippen molar-refractivity contribution in [1.82, 2.24) is 15.2 Å². The van der Waals surface area contributed by atoms with Gasteiger partial charge in [-0.05, 0) is 37.8 Å². The van der Waals surface area contributed by atoms with Crippen molar-refractivity contribution in [3.8, 4) is 0 Å². The third kappa shape index (κ3) is 2.95. The van der Waals surface area contributed by atoms with Gasteiger partial charge in [-0.3, -0.25) is 9.59 Å². The lowest BCUT2D eigenvalue weighted by atomic mass is 10.2. The molecule has 1 saturated carbocycles. The lowest BCUT2D eigenvalue weighted by Gasteiger charge is -2.23. The average molecular weight is 329 g/mol. The standard InChI is InChI=1S/C17H19N3O2S/c21-16(13-5-3-9-20(13)17(22)11-7-8-11)18-10-15-19-12-4-1-2-6-14(12)23-15/h1-2,4,6,11,13H,3,5,7-10H2,(H,18,21). The number of para-hydroxylation sites is 1. The van der Waals surface area contributed by atoms with Crippen LogP contribution in [0.2, 0.25) is 0 Å². The molecule has 2 aliphatic rings. The zero-order valence-electron chi connectivity index (χ0n) is 12.8. The zero-order valence-corrected chi connectivity index (χ0v) is 13.6. The lowest BCUT2D eigenvalue weighted by Crippen LogP contribution is -2.46. The highest BCUT2D eigenvalue weighted by atomic mass is 32.1. The number of benzene rings is 1. The number of fused-ring (bicyclic) bond motifs is 1. The molecule has 6 heteroatoms. The van der Waals surface area contributed by atoms with Crippen LogP contribution in [0.5, 0.6) is 0 Å². The van der Waals surface area contributed by atoms with Gasteiger partial charge in [0.1, 0.15) is 11.0 Å². The monoisotopic (exact) mass is 329 g/mol. The topological polar surface area (TPSA) is 62.3 Å². The van der Waals surface area contributed by atoms with Crippen LogP contribution in [0.25, 0.3) is 10.2 Å². The van der Waals surface area contributed by atoms with Crippen LogP contribution in [0.4, 0.5) is 0 Å². The normalized spacial score (nSPS) is 20.9. The van der Waals surface area contributed by atoms with Crippen LogP contribution in [-0.4, -0.2) is 34.3 Å². The molecule has 2 amide bonds. The van der Waals surface area contributed by atoms with Gasteiger partial charge < -0.3 is 10.2 Å². The predicted molar refractivity (Wildman–Crippen MR) is 88.9 cm³/mol. The largest absolute Gasteiger partial charge is 0.348 e. The minimum Gasteiger partial charge on any atom is -0.348 e. The molecule has 1 atom stereocenters. The summed E-state index contributed by atoms with van der Waals surface area (Å²) in [7, 11) is 0. The van der Waals surface area contributed by atoms with Crippen molar-refractivity contribution in [2.24, 2.45) is 5.92 Å². The molecule has 1 saturated heterocycles. The van der Waals surface area contributed by atoms with Crippen molar-refractivity contribution in [2.45, 2.75) is 38.3 Å². The summed E-state index contributed by atoms with van der Waals surface area (Å²) in [6.07, 6.45) is 3.65. The second-order valence-electron chi connectivity index (χ2n) is 6.26. The van der Waals surface area contributed by atoms with Gasteiger partial charge in [-0.1, -0.05) is 12.1 Å².